The van der Waals surface area contributed by atoms with Crippen LogP contribution in [0.2, 0.25) is 0 Å². The minimum absolute atomic E-state index is 0.0950. The average Bonchev–Trinajstić information content (AvgIpc) is 3.20. The normalized spacial score (nSPS) is 14.8. The van der Waals surface area contributed by atoms with Gasteiger partial charge in [0, 0.05) is 12.8 Å². The van der Waals surface area contributed by atoms with Gasteiger partial charge >= 0.3 is 19.8 Å². The number of carbonyl (C=O) groups is 2. The van der Waals surface area contributed by atoms with Crippen molar-refractivity contribution in [3.8, 4) is 0 Å². The Balaban J connectivity index is 4.49. The van der Waals surface area contributed by atoms with Crippen molar-refractivity contribution in [2.24, 2.45) is 0 Å². The number of phosphoric acid groups is 1. The van der Waals surface area contributed by atoms with Crippen molar-refractivity contribution >= 4 is 19.8 Å². The summed E-state index contributed by atoms with van der Waals surface area (Å²) >= 11 is 0. The highest BCUT2D eigenvalue weighted by molar-refractivity contribution is 7.47. The topological polar surface area (TPSA) is 149 Å². The Morgan fingerprint density at radius 3 is 1.46 bits per heavy atom. The predicted octanol–water partition coefficient (Wildman–Crippen LogP) is 11.2. The lowest BCUT2D eigenvalue weighted by atomic mass is 10.1. The van der Waals surface area contributed by atoms with Crippen molar-refractivity contribution in [2.45, 2.75) is 154 Å². The minimum Gasteiger partial charge on any atom is -0.462 e. The highest BCUT2D eigenvalue weighted by atomic mass is 31.2. The van der Waals surface area contributed by atoms with E-state index in [0.29, 0.717) is 19.3 Å². The molecule has 0 aliphatic rings. The molecule has 0 aliphatic carbocycles. The van der Waals surface area contributed by atoms with Crippen LogP contribution in [0.1, 0.15) is 142 Å². The van der Waals surface area contributed by atoms with E-state index >= 15 is 0 Å². The van der Waals surface area contributed by atoms with Gasteiger partial charge in [-0.3, -0.25) is 18.6 Å². The number of hydrogen-bond acceptors (Lipinski definition) is 9. The first-order valence-electron chi connectivity index (χ1n) is 21.2. The minimum atomic E-state index is -4.65. The first-order valence-corrected chi connectivity index (χ1v) is 22.7. The molecular formula is C46H75O10P. The zero-order valence-corrected chi connectivity index (χ0v) is 35.9. The Labute approximate surface area is 344 Å². The number of phosphoric ester groups is 1. The molecule has 0 aromatic carbocycles. The van der Waals surface area contributed by atoms with Crippen LogP contribution in [0.4, 0.5) is 0 Å². The SMILES string of the molecule is CCC/C=C/C/C=C/C/C=C/C/C=C/CCCCCC(=O)OC[C@H](COP(=O)(O)OC[C@@H](O)CO)OC(=O)CCC/C=C/C/C=C/C/C=C/C/C=C/CCCCC. The van der Waals surface area contributed by atoms with Gasteiger partial charge in [0.1, 0.15) is 12.7 Å². The molecule has 3 atom stereocenters. The Morgan fingerprint density at radius 2 is 0.965 bits per heavy atom. The molecule has 0 heterocycles. The summed E-state index contributed by atoms with van der Waals surface area (Å²) in [6, 6.07) is 0. The monoisotopic (exact) mass is 819 g/mol. The van der Waals surface area contributed by atoms with E-state index < -0.39 is 51.8 Å². The number of unbranched alkanes of at least 4 members (excludes halogenated alkanes) is 8. The van der Waals surface area contributed by atoms with Gasteiger partial charge in [0.2, 0.25) is 0 Å². The second-order valence-corrected chi connectivity index (χ2v) is 15.1. The lowest BCUT2D eigenvalue weighted by Crippen LogP contribution is -2.29. The molecule has 0 aromatic rings. The van der Waals surface area contributed by atoms with Gasteiger partial charge in [0.15, 0.2) is 6.10 Å². The summed E-state index contributed by atoms with van der Waals surface area (Å²) in [5.74, 6) is -1.04. The quantitative estimate of drug-likeness (QED) is 0.0238. The first kappa shape index (κ1) is 53.9. The molecular weight excluding hydrogens is 743 g/mol. The number of esters is 2. The van der Waals surface area contributed by atoms with Crippen LogP contribution in [0.25, 0.3) is 0 Å². The van der Waals surface area contributed by atoms with Gasteiger partial charge in [-0.15, -0.1) is 0 Å². The third-order valence-corrected chi connectivity index (χ3v) is 9.14. The molecule has 0 radical (unpaired) electrons. The van der Waals surface area contributed by atoms with E-state index in [1.165, 1.54) is 25.7 Å². The number of aliphatic hydroxyl groups is 2. The molecule has 0 aromatic heterocycles. The van der Waals surface area contributed by atoms with Crippen molar-refractivity contribution in [1.29, 1.82) is 0 Å². The molecule has 0 fully saturated rings. The molecule has 11 heteroatoms. The molecule has 0 spiro atoms. The van der Waals surface area contributed by atoms with Gasteiger partial charge < -0.3 is 24.6 Å². The largest absolute Gasteiger partial charge is 0.472 e. The highest BCUT2D eigenvalue weighted by Crippen LogP contribution is 2.43. The highest BCUT2D eigenvalue weighted by Gasteiger charge is 2.27. The van der Waals surface area contributed by atoms with E-state index in [4.69, 9.17) is 19.1 Å². The van der Waals surface area contributed by atoms with Crippen molar-refractivity contribution in [3.05, 3.63) is 97.2 Å². The second-order valence-electron chi connectivity index (χ2n) is 13.7. The van der Waals surface area contributed by atoms with Crippen LogP contribution >= 0.6 is 7.82 Å². The third-order valence-electron chi connectivity index (χ3n) is 8.19. The van der Waals surface area contributed by atoms with E-state index in [0.717, 1.165) is 70.6 Å². The summed E-state index contributed by atoms with van der Waals surface area (Å²) in [5.41, 5.74) is 0. The van der Waals surface area contributed by atoms with Crippen molar-refractivity contribution in [1.82, 2.24) is 0 Å². The molecule has 0 rings (SSSR count). The van der Waals surface area contributed by atoms with E-state index in [1.807, 2.05) is 12.2 Å². The zero-order chi connectivity index (χ0) is 41.9. The van der Waals surface area contributed by atoms with E-state index in [1.54, 1.807) is 0 Å². The zero-order valence-electron chi connectivity index (χ0n) is 35.0. The maximum absolute atomic E-state index is 12.6. The maximum Gasteiger partial charge on any atom is 0.472 e. The number of ether oxygens (including phenoxy) is 2. The van der Waals surface area contributed by atoms with Crippen LogP contribution in [-0.2, 0) is 32.7 Å². The Morgan fingerprint density at radius 1 is 0.526 bits per heavy atom. The standard InChI is InChI=1S/C46H75O10P/c1-3-5-7-9-11-13-15-17-19-21-23-25-27-29-31-33-35-37-45(49)53-41-44(42-55-57(51,52)54-40-43(48)39-47)56-46(50)38-36-34-32-30-28-26-24-22-20-18-16-14-12-10-8-6-4-2/h7,9,12-15,18-21,24-27,30,32,43-44,47-48H,3-6,8,10-11,16-17,22-23,28-29,31,33-42H2,1-2H3,(H,51,52)/b9-7+,14-12+,15-13+,20-18+,21-19+,26-24+,27-25+,32-30+/t43-,44+/m0/s1. The van der Waals surface area contributed by atoms with E-state index in [9.17, 15) is 24.2 Å². The summed E-state index contributed by atoms with van der Waals surface area (Å²) in [6.45, 7) is 2.15. The number of rotatable bonds is 38. The number of hydrogen-bond donors (Lipinski definition) is 3. The molecule has 0 saturated heterocycles. The van der Waals surface area contributed by atoms with Crippen molar-refractivity contribution < 1.29 is 47.8 Å². The fourth-order valence-electron chi connectivity index (χ4n) is 4.92. The van der Waals surface area contributed by atoms with Crippen molar-refractivity contribution in [2.75, 3.05) is 26.4 Å². The summed E-state index contributed by atoms with van der Waals surface area (Å²) < 4.78 is 32.6. The van der Waals surface area contributed by atoms with Gasteiger partial charge in [-0.2, -0.15) is 0 Å². The lowest BCUT2D eigenvalue weighted by Gasteiger charge is -2.20. The number of carbonyl (C=O) groups excluding carboxylic acids is 2. The van der Waals surface area contributed by atoms with Gasteiger partial charge in [-0.1, -0.05) is 137 Å². The Hall–Kier alpha value is -3.11. The summed E-state index contributed by atoms with van der Waals surface area (Å²) in [5, 5.41) is 18.3. The molecule has 0 aliphatic heterocycles. The number of allylic oxidation sites excluding steroid dienone is 16. The van der Waals surface area contributed by atoms with Gasteiger partial charge in [-0.05, 0) is 89.9 Å². The average molecular weight is 819 g/mol. The van der Waals surface area contributed by atoms with E-state index in [-0.39, 0.29) is 19.4 Å². The molecule has 1 unspecified atom stereocenters. The van der Waals surface area contributed by atoms with Crippen LogP contribution in [-0.4, -0.2) is 65.7 Å². The molecule has 0 saturated carbocycles. The predicted molar refractivity (Wildman–Crippen MR) is 232 cm³/mol. The molecule has 0 amide bonds. The third kappa shape index (κ3) is 40.9. The van der Waals surface area contributed by atoms with Crippen molar-refractivity contribution in [3.63, 3.8) is 0 Å². The lowest BCUT2D eigenvalue weighted by molar-refractivity contribution is -0.161. The molecule has 324 valence electrons. The fraction of sp³-hybridized carbons (Fsp3) is 0.609. The van der Waals surface area contributed by atoms with Crippen LogP contribution in [0.3, 0.4) is 0 Å². The van der Waals surface area contributed by atoms with Gasteiger partial charge in [0.25, 0.3) is 0 Å². The van der Waals surface area contributed by atoms with Gasteiger partial charge in [0.05, 0.1) is 19.8 Å². The van der Waals surface area contributed by atoms with Crippen LogP contribution in [0, 0.1) is 0 Å². The molecule has 0 bridgehead atoms. The fourth-order valence-corrected chi connectivity index (χ4v) is 5.71. The van der Waals surface area contributed by atoms with Gasteiger partial charge in [-0.25, -0.2) is 4.57 Å². The molecule has 10 nitrogen and oxygen atoms in total. The Bertz CT molecular complexity index is 1260. The number of aliphatic hydroxyl groups excluding tert-OH is 2. The summed E-state index contributed by atoms with van der Waals surface area (Å²) in [4.78, 5) is 34.9. The van der Waals surface area contributed by atoms with Crippen LogP contribution < -0.4 is 0 Å². The second kappa shape index (κ2) is 41.1. The van der Waals surface area contributed by atoms with E-state index in [2.05, 4.69) is 103 Å². The Kier molecular flexibility index (Phi) is 38.8. The smallest absolute Gasteiger partial charge is 0.462 e. The van der Waals surface area contributed by atoms with Crippen LogP contribution in [0.15, 0.2) is 97.2 Å². The first-order chi connectivity index (χ1) is 27.7. The summed E-state index contributed by atoms with van der Waals surface area (Å²) in [7, 11) is -4.65. The molecule has 57 heavy (non-hydrogen) atoms. The molecule has 3 N–H and O–H groups in total. The summed E-state index contributed by atoms with van der Waals surface area (Å²) in [6.07, 6.45) is 49.5. The maximum atomic E-state index is 12.6. The van der Waals surface area contributed by atoms with Crippen LogP contribution in [0.5, 0.6) is 0 Å².